The zero-order chi connectivity index (χ0) is 21.1. The van der Waals surface area contributed by atoms with Gasteiger partial charge in [0.2, 0.25) is 0 Å². The molecule has 0 saturated heterocycles. The van der Waals surface area contributed by atoms with Gasteiger partial charge in [-0.3, -0.25) is 4.79 Å². The summed E-state index contributed by atoms with van der Waals surface area (Å²) in [5.41, 5.74) is 4.31. The summed E-state index contributed by atoms with van der Waals surface area (Å²) in [6.07, 6.45) is 2.30. The molecule has 0 unspecified atom stereocenters. The minimum atomic E-state index is -0.453. The summed E-state index contributed by atoms with van der Waals surface area (Å²) in [6.45, 7) is 11.0. The van der Waals surface area contributed by atoms with Crippen LogP contribution in [0.15, 0.2) is 30.3 Å². The second-order valence-electron chi connectivity index (χ2n) is 7.94. The average Bonchev–Trinajstić information content (AvgIpc) is 3.46. The van der Waals surface area contributed by atoms with Crippen molar-refractivity contribution in [1.29, 1.82) is 0 Å². The molecule has 1 fully saturated rings. The van der Waals surface area contributed by atoms with Crippen molar-refractivity contribution in [3.05, 3.63) is 47.3 Å². The van der Waals surface area contributed by atoms with Crippen LogP contribution in [0, 0.1) is 13.8 Å². The molecule has 2 aromatic rings. The molecular formula is C23H31N3O3. The molecule has 1 aliphatic carbocycles. The van der Waals surface area contributed by atoms with Crippen molar-refractivity contribution in [2.45, 2.75) is 59.5 Å². The molecule has 1 aromatic carbocycles. The molecule has 1 aromatic heterocycles. The highest BCUT2D eigenvalue weighted by Crippen LogP contribution is 2.38. The Bertz CT molecular complexity index is 880. The normalized spacial score (nSPS) is 13.4. The van der Waals surface area contributed by atoms with E-state index in [-0.39, 0.29) is 12.5 Å². The summed E-state index contributed by atoms with van der Waals surface area (Å²) >= 11 is 0. The second-order valence-corrected chi connectivity index (χ2v) is 7.94. The van der Waals surface area contributed by atoms with Crippen LogP contribution in [0.25, 0.3) is 0 Å². The number of aromatic nitrogens is 1. The molecule has 156 valence electrons. The Hall–Kier alpha value is -2.76. The third-order valence-electron chi connectivity index (χ3n) is 5.40. The van der Waals surface area contributed by atoms with Gasteiger partial charge in [0, 0.05) is 41.4 Å². The van der Waals surface area contributed by atoms with Crippen molar-refractivity contribution in [3.8, 4) is 0 Å². The minimum absolute atomic E-state index is 0.305. The Kier molecular flexibility index (Phi) is 6.30. The predicted molar refractivity (Wildman–Crippen MR) is 116 cm³/mol. The lowest BCUT2D eigenvalue weighted by atomic mass is 10.2. The molecular weight excluding hydrogens is 366 g/mol. The topological polar surface area (TPSA) is 63.6 Å². The van der Waals surface area contributed by atoms with Crippen molar-refractivity contribution in [3.63, 3.8) is 0 Å². The van der Waals surface area contributed by atoms with Crippen LogP contribution in [0.4, 0.5) is 11.4 Å². The SMILES string of the molecule is CCN(c1ccc(NC(=O)COC(=O)c2cc(C)n(C3CC3)c2C)cc1)C(C)C. The highest BCUT2D eigenvalue weighted by Gasteiger charge is 2.28. The third kappa shape index (κ3) is 4.81. The van der Waals surface area contributed by atoms with Crippen LogP contribution in [-0.2, 0) is 9.53 Å². The first-order chi connectivity index (χ1) is 13.8. The van der Waals surface area contributed by atoms with Crippen molar-refractivity contribution in [1.82, 2.24) is 4.57 Å². The highest BCUT2D eigenvalue weighted by molar-refractivity contribution is 5.96. The monoisotopic (exact) mass is 397 g/mol. The third-order valence-corrected chi connectivity index (χ3v) is 5.40. The van der Waals surface area contributed by atoms with Crippen LogP contribution in [0.5, 0.6) is 0 Å². The number of nitrogens with zero attached hydrogens (tertiary/aromatic N) is 2. The maximum Gasteiger partial charge on any atom is 0.340 e. The van der Waals surface area contributed by atoms with Gasteiger partial charge in [0.25, 0.3) is 5.91 Å². The summed E-state index contributed by atoms with van der Waals surface area (Å²) < 4.78 is 7.44. The van der Waals surface area contributed by atoms with E-state index in [4.69, 9.17) is 4.74 Å². The molecule has 1 heterocycles. The van der Waals surface area contributed by atoms with E-state index in [1.54, 1.807) is 0 Å². The van der Waals surface area contributed by atoms with Gasteiger partial charge in [0.15, 0.2) is 6.61 Å². The Balaban J connectivity index is 1.55. The number of nitrogens with one attached hydrogen (secondary N) is 1. The Morgan fingerprint density at radius 3 is 2.41 bits per heavy atom. The summed E-state index contributed by atoms with van der Waals surface area (Å²) in [5, 5.41) is 2.78. The van der Waals surface area contributed by atoms with Crippen LogP contribution in [0.2, 0.25) is 0 Å². The molecule has 3 rings (SSSR count). The molecule has 1 amide bonds. The first-order valence-corrected chi connectivity index (χ1v) is 10.3. The van der Waals surface area contributed by atoms with Gasteiger partial charge in [-0.2, -0.15) is 0 Å². The fourth-order valence-electron chi connectivity index (χ4n) is 3.87. The first-order valence-electron chi connectivity index (χ1n) is 10.3. The van der Waals surface area contributed by atoms with Gasteiger partial charge in [-0.25, -0.2) is 4.79 Å². The van der Waals surface area contributed by atoms with Crippen LogP contribution in [0.1, 0.15) is 61.4 Å². The van der Waals surface area contributed by atoms with E-state index in [1.807, 2.05) is 44.2 Å². The number of amides is 1. The molecule has 0 atom stereocenters. The van der Waals surface area contributed by atoms with Crippen LogP contribution in [0.3, 0.4) is 0 Å². The summed E-state index contributed by atoms with van der Waals surface area (Å²) in [5.74, 6) is -0.802. The number of carbonyl (C=O) groups excluding carboxylic acids is 2. The Morgan fingerprint density at radius 1 is 1.21 bits per heavy atom. The first kappa shape index (κ1) is 21.0. The number of anilines is 2. The van der Waals surface area contributed by atoms with Gasteiger partial charge in [-0.1, -0.05) is 0 Å². The average molecular weight is 398 g/mol. The molecule has 0 aliphatic heterocycles. The lowest BCUT2D eigenvalue weighted by Crippen LogP contribution is -2.30. The Labute approximate surface area is 172 Å². The summed E-state index contributed by atoms with van der Waals surface area (Å²) in [6, 6.07) is 10.5. The maximum absolute atomic E-state index is 12.4. The van der Waals surface area contributed by atoms with Gasteiger partial charge >= 0.3 is 5.97 Å². The van der Waals surface area contributed by atoms with E-state index in [9.17, 15) is 9.59 Å². The van der Waals surface area contributed by atoms with E-state index in [0.717, 1.165) is 36.5 Å². The molecule has 29 heavy (non-hydrogen) atoms. The van der Waals surface area contributed by atoms with Gasteiger partial charge in [-0.05, 0) is 77.8 Å². The molecule has 1 N–H and O–H groups in total. The molecule has 1 saturated carbocycles. The van der Waals surface area contributed by atoms with Gasteiger partial charge in [0.05, 0.1) is 5.56 Å². The maximum atomic E-state index is 12.4. The lowest BCUT2D eigenvalue weighted by molar-refractivity contribution is -0.119. The quantitative estimate of drug-likeness (QED) is 0.668. The predicted octanol–water partition coefficient (Wildman–Crippen LogP) is 4.47. The molecule has 1 aliphatic rings. The number of hydrogen-bond acceptors (Lipinski definition) is 4. The molecule has 6 nitrogen and oxygen atoms in total. The number of rotatable bonds is 8. The highest BCUT2D eigenvalue weighted by atomic mass is 16.5. The number of carbonyl (C=O) groups is 2. The number of hydrogen-bond donors (Lipinski definition) is 1. The van der Waals surface area contributed by atoms with Crippen molar-refractivity contribution >= 4 is 23.3 Å². The standard InChI is InChI=1S/C23H31N3O3/c1-6-25(15(2)3)19-9-7-18(8-10-19)24-22(27)14-29-23(28)21-13-16(4)26(17(21)5)20-11-12-20/h7-10,13,15,20H,6,11-12,14H2,1-5H3,(H,24,27). The zero-order valence-corrected chi connectivity index (χ0v) is 18.0. The van der Waals surface area contributed by atoms with E-state index < -0.39 is 5.97 Å². The van der Waals surface area contributed by atoms with Crippen LogP contribution < -0.4 is 10.2 Å². The number of ether oxygens (including phenoxy) is 1. The largest absolute Gasteiger partial charge is 0.452 e. The fourth-order valence-corrected chi connectivity index (χ4v) is 3.87. The minimum Gasteiger partial charge on any atom is -0.452 e. The van der Waals surface area contributed by atoms with E-state index >= 15 is 0 Å². The molecule has 6 heteroatoms. The molecule has 0 radical (unpaired) electrons. The smallest absolute Gasteiger partial charge is 0.340 e. The van der Waals surface area contributed by atoms with Crippen molar-refractivity contribution in [2.75, 3.05) is 23.4 Å². The number of esters is 1. The summed E-state index contributed by atoms with van der Waals surface area (Å²) in [4.78, 5) is 26.9. The Morgan fingerprint density at radius 2 is 1.86 bits per heavy atom. The van der Waals surface area contributed by atoms with Gasteiger partial charge in [-0.15, -0.1) is 0 Å². The number of benzene rings is 1. The fraction of sp³-hybridized carbons (Fsp3) is 0.478. The van der Waals surface area contributed by atoms with E-state index in [1.165, 1.54) is 0 Å². The molecule has 0 bridgehead atoms. The van der Waals surface area contributed by atoms with Crippen LogP contribution in [-0.4, -0.2) is 35.6 Å². The van der Waals surface area contributed by atoms with E-state index in [0.29, 0.717) is 23.3 Å². The van der Waals surface area contributed by atoms with E-state index in [2.05, 4.69) is 35.6 Å². The van der Waals surface area contributed by atoms with Gasteiger partial charge in [0.1, 0.15) is 0 Å². The lowest BCUT2D eigenvalue weighted by Gasteiger charge is -2.27. The van der Waals surface area contributed by atoms with Gasteiger partial charge < -0.3 is 19.5 Å². The summed E-state index contributed by atoms with van der Waals surface area (Å²) in [7, 11) is 0. The number of aryl methyl sites for hydroxylation is 1. The van der Waals surface area contributed by atoms with Crippen molar-refractivity contribution < 1.29 is 14.3 Å². The zero-order valence-electron chi connectivity index (χ0n) is 18.0. The van der Waals surface area contributed by atoms with Crippen LogP contribution >= 0.6 is 0 Å². The second kappa shape index (κ2) is 8.72. The molecule has 0 spiro atoms. The van der Waals surface area contributed by atoms with Crippen molar-refractivity contribution in [2.24, 2.45) is 0 Å².